The highest BCUT2D eigenvalue weighted by Crippen LogP contribution is 2.24. The van der Waals surface area contributed by atoms with Crippen molar-refractivity contribution in [1.29, 1.82) is 5.41 Å². The van der Waals surface area contributed by atoms with Crippen molar-refractivity contribution in [2.24, 2.45) is 5.73 Å². The molecule has 1 amide bonds. The van der Waals surface area contributed by atoms with Crippen molar-refractivity contribution < 1.29 is 19.1 Å². The van der Waals surface area contributed by atoms with Crippen molar-refractivity contribution in [1.82, 2.24) is 9.80 Å². The number of carbonyl (C=O) groups is 2. The normalized spacial score (nSPS) is 20.0. The molecule has 39 heavy (non-hydrogen) atoms. The highest BCUT2D eigenvalue weighted by atomic mass is 16.6. The van der Waals surface area contributed by atoms with Crippen LogP contribution in [0.1, 0.15) is 16.7 Å². The molecule has 2 fully saturated rings. The van der Waals surface area contributed by atoms with Crippen molar-refractivity contribution in [3.05, 3.63) is 102 Å². The maximum absolute atomic E-state index is 13.3. The fourth-order valence-electron chi connectivity index (χ4n) is 5.03. The summed E-state index contributed by atoms with van der Waals surface area (Å²) in [4.78, 5) is 31.9. The molecule has 2 saturated heterocycles. The van der Waals surface area contributed by atoms with Gasteiger partial charge in [0, 0.05) is 44.0 Å². The number of cyclic esters (lactones) is 1. The maximum Gasteiger partial charge on any atom is 0.414 e. The molecule has 0 aliphatic carbocycles. The van der Waals surface area contributed by atoms with Gasteiger partial charge in [-0.3, -0.25) is 24.9 Å². The lowest BCUT2D eigenvalue weighted by Crippen LogP contribution is -2.57. The van der Waals surface area contributed by atoms with Gasteiger partial charge in [0.05, 0.1) is 6.54 Å². The van der Waals surface area contributed by atoms with Crippen molar-refractivity contribution in [2.45, 2.75) is 25.3 Å². The number of hydrogen-bond donors (Lipinski definition) is 2. The third-order valence-corrected chi connectivity index (χ3v) is 7.13. The highest BCUT2D eigenvalue weighted by molar-refractivity contribution is 5.96. The Morgan fingerprint density at radius 2 is 1.59 bits per heavy atom. The van der Waals surface area contributed by atoms with Crippen LogP contribution in [0.4, 0.5) is 10.5 Å². The van der Waals surface area contributed by atoms with E-state index in [9.17, 15) is 9.59 Å². The Morgan fingerprint density at radius 3 is 2.26 bits per heavy atom. The van der Waals surface area contributed by atoms with Gasteiger partial charge in [0.15, 0.2) is 0 Å². The molecule has 2 aliphatic rings. The van der Waals surface area contributed by atoms with E-state index in [1.807, 2.05) is 48.5 Å². The van der Waals surface area contributed by atoms with E-state index in [0.717, 1.165) is 17.7 Å². The second-order valence-corrected chi connectivity index (χ2v) is 9.90. The molecule has 3 aromatic rings. The maximum atomic E-state index is 13.3. The van der Waals surface area contributed by atoms with Gasteiger partial charge in [-0.05, 0) is 35.4 Å². The summed E-state index contributed by atoms with van der Waals surface area (Å²) in [5.74, 6) is -0.276. The largest absolute Gasteiger partial charge is 0.460 e. The van der Waals surface area contributed by atoms with E-state index in [-0.39, 0.29) is 24.5 Å². The Morgan fingerprint density at radius 1 is 0.923 bits per heavy atom. The van der Waals surface area contributed by atoms with Gasteiger partial charge in [0.1, 0.15) is 24.6 Å². The number of nitrogens with two attached hydrogens (primary N) is 1. The zero-order valence-corrected chi connectivity index (χ0v) is 21.7. The highest BCUT2D eigenvalue weighted by Gasteiger charge is 2.38. The third kappa shape index (κ3) is 6.63. The summed E-state index contributed by atoms with van der Waals surface area (Å²) in [6.07, 6.45) is -0.733. The molecular weight excluding hydrogens is 494 g/mol. The summed E-state index contributed by atoms with van der Waals surface area (Å²) in [5.41, 5.74) is 8.92. The molecule has 2 unspecified atom stereocenters. The number of nitrogens with zero attached hydrogens (tertiary/aromatic N) is 3. The van der Waals surface area contributed by atoms with E-state index in [1.54, 1.807) is 29.2 Å². The number of rotatable bonds is 9. The molecule has 3 N–H and O–H groups in total. The summed E-state index contributed by atoms with van der Waals surface area (Å²) in [6, 6.07) is 26.3. The Kier molecular flexibility index (Phi) is 8.19. The summed E-state index contributed by atoms with van der Waals surface area (Å²) in [5, 5.41) is 7.55. The Hall–Kier alpha value is -4.21. The van der Waals surface area contributed by atoms with Crippen LogP contribution in [-0.2, 0) is 27.4 Å². The van der Waals surface area contributed by atoms with E-state index in [2.05, 4.69) is 21.9 Å². The molecule has 2 aliphatic heterocycles. The number of esters is 1. The first-order valence-electron chi connectivity index (χ1n) is 13.1. The Balaban J connectivity index is 1.23. The van der Waals surface area contributed by atoms with Crippen LogP contribution in [0.2, 0.25) is 0 Å². The quantitative estimate of drug-likeness (QED) is 0.250. The van der Waals surface area contributed by atoms with Gasteiger partial charge in [-0.15, -0.1) is 0 Å². The molecule has 5 rings (SSSR count). The number of ether oxygens (including phenoxy) is 2. The van der Waals surface area contributed by atoms with Crippen LogP contribution < -0.4 is 10.6 Å². The SMILES string of the molecule is N=C(N)c1ccc(N2CC(CN3CCN(Cc4ccccc4)C(C(=O)OCc4ccccc4)C3)OC2=O)cc1. The summed E-state index contributed by atoms with van der Waals surface area (Å²) < 4.78 is 11.4. The minimum Gasteiger partial charge on any atom is -0.460 e. The van der Waals surface area contributed by atoms with Crippen LogP contribution in [0.5, 0.6) is 0 Å². The molecule has 9 nitrogen and oxygen atoms in total. The average Bonchev–Trinajstić information content (AvgIpc) is 3.33. The topological polar surface area (TPSA) is 112 Å². The zero-order valence-electron chi connectivity index (χ0n) is 21.7. The number of nitrogens with one attached hydrogen (secondary N) is 1. The first kappa shape index (κ1) is 26.4. The average molecular weight is 528 g/mol. The van der Waals surface area contributed by atoms with Crippen LogP contribution in [0.25, 0.3) is 0 Å². The standard InChI is InChI=1S/C30H33N5O4/c31-28(32)24-11-13-25(14-12-24)35-19-26(39-30(35)37)18-33-15-16-34(17-22-7-3-1-4-8-22)27(20-33)29(36)38-21-23-9-5-2-6-10-23/h1-14,26-27H,15-21H2,(H3,31,32). The third-order valence-electron chi connectivity index (χ3n) is 7.13. The summed E-state index contributed by atoms with van der Waals surface area (Å²) >= 11 is 0. The summed E-state index contributed by atoms with van der Waals surface area (Å²) in [6.45, 7) is 3.74. The van der Waals surface area contributed by atoms with Crippen molar-refractivity contribution in [3.63, 3.8) is 0 Å². The Bertz CT molecular complexity index is 1290. The lowest BCUT2D eigenvalue weighted by Gasteiger charge is -2.40. The molecular formula is C30H33N5O4. The van der Waals surface area contributed by atoms with E-state index >= 15 is 0 Å². The first-order chi connectivity index (χ1) is 19.0. The molecule has 0 spiro atoms. The van der Waals surface area contributed by atoms with Gasteiger partial charge >= 0.3 is 12.1 Å². The van der Waals surface area contributed by atoms with Crippen LogP contribution in [0, 0.1) is 5.41 Å². The van der Waals surface area contributed by atoms with Gasteiger partial charge in [-0.2, -0.15) is 0 Å². The fraction of sp³-hybridized carbons (Fsp3) is 0.300. The van der Waals surface area contributed by atoms with Gasteiger partial charge < -0.3 is 15.2 Å². The predicted octanol–water partition coefficient (Wildman–Crippen LogP) is 3.23. The van der Waals surface area contributed by atoms with Crippen molar-refractivity contribution >= 4 is 23.6 Å². The summed E-state index contributed by atoms with van der Waals surface area (Å²) in [7, 11) is 0. The number of hydrogen-bond acceptors (Lipinski definition) is 7. The van der Waals surface area contributed by atoms with Gasteiger partial charge in [0.25, 0.3) is 0 Å². The van der Waals surface area contributed by atoms with Gasteiger partial charge in [0.2, 0.25) is 0 Å². The molecule has 202 valence electrons. The molecule has 2 atom stereocenters. The monoisotopic (exact) mass is 527 g/mol. The number of benzene rings is 3. The van der Waals surface area contributed by atoms with Crippen LogP contribution >= 0.6 is 0 Å². The van der Waals surface area contributed by atoms with Gasteiger partial charge in [-0.25, -0.2) is 4.79 Å². The minimum atomic E-state index is -0.435. The second-order valence-electron chi connectivity index (χ2n) is 9.90. The minimum absolute atomic E-state index is 0.0216. The van der Waals surface area contributed by atoms with Crippen LogP contribution in [0.15, 0.2) is 84.9 Å². The number of carbonyl (C=O) groups excluding carboxylic acids is 2. The number of amidine groups is 1. The fourth-order valence-corrected chi connectivity index (χ4v) is 5.03. The number of nitrogen functional groups attached to an aromatic ring is 1. The number of anilines is 1. The number of amides is 1. The molecule has 9 heteroatoms. The molecule has 0 radical (unpaired) electrons. The molecule has 0 aromatic heterocycles. The number of piperazine rings is 1. The lowest BCUT2D eigenvalue weighted by atomic mass is 10.1. The Labute approximate surface area is 228 Å². The predicted molar refractivity (Wildman–Crippen MR) is 148 cm³/mol. The van der Waals surface area contributed by atoms with E-state index < -0.39 is 12.1 Å². The molecule has 2 heterocycles. The van der Waals surface area contributed by atoms with Crippen LogP contribution in [-0.4, -0.2) is 72.6 Å². The van der Waals surface area contributed by atoms with Crippen LogP contribution in [0.3, 0.4) is 0 Å². The first-order valence-corrected chi connectivity index (χ1v) is 13.1. The van der Waals surface area contributed by atoms with Gasteiger partial charge in [-0.1, -0.05) is 60.7 Å². The van der Waals surface area contributed by atoms with Crippen molar-refractivity contribution in [3.8, 4) is 0 Å². The van der Waals surface area contributed by atoms with Crippen molar-refractivity contribution in [2.75, 3.05) is 37.6 Å². The molecule has 3 aromatic carbocycles. The second kappa shape index (κ2) is 12.1. The van der Waals surface area contributed by atoms with E-state index in [1.165, 1.54) is 0 Å². The lowest BCUT2D eigenvalue weighted by molar-refractivity contribution is -0.154. The smallest absolute Gasteiger partial charge is 0.414 e. The zero-order chi connectivity index (χ0) is 27.2. The van der Waals surface area contributed by atoms with E-state index in [0.29, 0.717) is 44.0 Å². The van der Waals surface area contributed by atoms with E-state index in [4.69, 9.17) is 20.6 Å². The molecule has 0 bridgehead atoms. The molecule has 0 saturated carbocycles.